The van der Waals surface area contributed by atoms with Crippen LogP contribution < -0.4 is 5.32 Å². The fourth-order valence-electron chi connectivity index (χ4n) is 3.14. The first-order valence-corrected chi connectivity index (χ1v) is 8.35. The average Bonchev–Trinajstić information content (AvgIpc) is 3.23. The van der Waals surface area contributed by atoms with Gasteiger partial charge in [-0.05, 0) is 39.8 Å². The van der Waals surface area contributed by atoms with E-state index in [4.69, 9.17) is 4.42 Å². The van der Waals surface area contributed by atoms with E-state index in [0.29, 0.717) is 11.3 Å². The van der Waals surface area contributed by atoms with Crippen molar-refractivity contribution in [3.05, 3.63) is 59.4 Å². The fourth-order valence-corrected chi connectivity index (χ4v) is 3.14. The van der Waals surface area contributed by atoms with Gasteiger partial charge in [-0.2, -0.15) is 5.10 Å². The molecule has 0 radical (unpaired) electrons. The smallest absolute Gasteiger partial charge is 0.251 e. The first-order valence-electron chi connectivity index (χ1n) is 8.35. The van der Waals surface area contributed by atoms with Crippen molar-refractivity contribution in [2.24, 2.45) is 0 Å². The molecule has 3 rings (SSSR count). The lowest BCUT2D eigenvalue weighted by Crippen LogP contribution is -2.27. The van der Waals surface area contributed by atoms with Gasteiger partial charge in [0, 0.05) is 28.9 Å². The lowest BCUT2D eigenvalue weighted by atomic mass is 10.1. The highest BCUT2D eigenvalue weighted by atomic mass is 16.3. The van der Waals surface area contributed by atoms with E-state index in [0.717, 1.165) is 29.1 Å². The van der Waals surface area contributed by atoms with Crippen molar-refractivity contribution in [2.45, 2.75) is 40.3 Å². The number of nitrogens with zero attached hydrogens (tertiary/aromatic N) is 3. The molecule has 0 fully saturated rings. The van der Waals surface area contributed by atoms with Crippen LogP contribution in [0.5, 0.6) is 0 Å². The first kappa shape index (κ1) is 17.0. The highest BCUT2D eigenvalue weighted by Crippen LogP contribution is 2.23. The molecule has 1 amide bonds. The van der Waals surface area contributed by atoms with Crippen molar-refractivity contribution in [1.29, 1.82) is 0 Å². The zero-order valence-corrected chi connectivity index (χ0v) is 14.9. The van der Waals surface area contributed by atoms with Gasteiger partial charge < -0.3 is 9.73 Å². The Morgan fingerprint density at radius 2 is 2.00 bits per heavy atom. The summed E-state index contributed by atoms with van der Waals surface area (Å²) in [6, 6.07) is 7.17. The second-order valence-corrected chi connectivity index (χ2v) is 6.04. The molecule has 2 aromatic heterocycles. The van der Waals surface area contributed by atoms with E-state index in [2.05, 4.69) is 22.3 Å². The second kappa shape index (κ2) is 6.93. The largest absolute Gasteiger partial charge is 0.444 e. The van der Waals surface area contributed by atoms with E-state index in [-0.39, 0.29) is 11.9 Å². The molecule has 0 aliphatic carbocycles. The molecule has 0 saturated carbocycles. The molecule has 2 heterocycles. The van der Waals surface area contributed by atoms with Gasteiger partial charge in [0.15, 0.2) is 12.2 Å². The van der Waals surface area contributed by atoms with Crippen molar-refractivity contribution in [2.75, 3.05) is 0 Å². The van der Waals surface area contributed by atoms with Crippen LogP contribution >= 0.6 is 0 Å². The van der Waals surface area contributed by atoms with Crippen molar-refractivity contribution in [3.8, 4) is 11.3 Å². The minimum Gasteiger partial charge on any atom is -0.444 e. The molecule has 0 bridgehead atoms. The summed E-state index contributed by atoms with van der Waals surface area (Å²) in [5, 5.41) is 7.58. The number of carbonyl (C=O) groups excluding carboxylic acids is 1. The summed E-state index contributed by atoms with van der Waals surface area (Å²) < 4.78 is 7.22. The lowest BCUT2D eigenvalue weighted by molar-refractivity contribution is 0.0940. The van der Waals surface area contributed by atoms with Gasteiger partial charge in [-0.3, -0.25) is 9.48 Å². The van der Waals surface area contributed by atoms with Gasteiger partial charge in [0.25, 0.3) is 5.91 Å². The van der Waals surface area contributed by atoms with Gasteiger partial charge in [0.1, 0.15) is 0 Å². The van der Waals surface area contributed by atoms with Crippen LogP contribution in [0.25, 0.3) is 11.3 Å². The van der Waals surface area contributed by atoms with Crippen molar-refractivity contribution in [3.63, 3.8) is 0 Å². The maximum atomic E-state index is 12.6. The van der Waals surface area contributed by atoms with E-state index in [1.807, 2.05) is 37.6 Å². The van der Waals surface area contributed by atoms with Crippen molar-refractivity contribution in [1.82, 2.24) is 20.1 Å². The third kappa shape index (κ3) is 3.33. The highest BCUT2D eigenvalue weighted by molar-refractivity contribution is 5.94. The normalized spacial score (nSPS) is 12.2. The highest BCUT2D eigenvalue weighted by Gasteiger charge is 2.19. The maximum Gasteiger partial charge on any atom is 0.251 e. The monoisotopic (exact) mass is 338 g/mol. The molecule has 130 valence electrons. The molecular weight excluding hydrogens is 316 g/mol. The SMILES string of the molecule is CCn1nc(C)c([C@@H](C)NC(=O)c2ccc(-c3cnco3)cc2)c1C. The van der Waals surface area contributed by atoms with Crippen LogP contribution in [0.15, 0.2) is 41.3 Å². The number of benzene rings is 1. The molecule has 6 heteroatoms. The van der Waals surface area contributed by atoms with E-state index < -0.39 is 0 Å². The van der Waals surface area contributed by atoms with E-state index >= 15 is 0 Å². The van der Waals surface area contributed by atoms with E-state index in [9.17, 15) is 4.79 Å². The number of nitrogens with one attached hydrogen (secondary N) is 1. The molecule has 6 nitrogen and oxygen atoms in total. The number of aromatic nitrogens is 3. The van der Waals surface area contributed by atoms with E-state index in [1.165, 1.54) is 6.39 Å². The number of hydrogen-bond acceptors (Lipinski definition) is 4. The summed E-state index contributed by atoms with van der Waals surface area (Å²) in [6.07, 6.45) is 3.03. The molecular formula is C19H22N4O2. The quantitative estimate of drug-likeness (QED) is 0.770. The standard InChI is InChI=1S/C19H22N4O2/c1-5-23-14(4)18(13(3)22-23)12(2)21-19(24)16-8-6-15(7-9-16)17-10-20-11-25-17/h6-12H,5H2,1-4H3,(H,21,24)/t12-/m1/s1. The molecule has 0 aliphatic heterocycles. The molecule has 1 aromatic carbocycles. The van der Waals surface area contributed by atoms with Gasteiger partial charge in [-0.15, -0.1) is 0 Å². The summed E-state index contributed by atoms with van der Waals surface area (Å²) >= 11 is 0. The topological polar surface area (TPSA) is 73.0 Å². The second-order valence-electron chi connectivity index (χ2n) is 6.04. The van der Waals surface area contributed by atoms with Crippen LogP contribution in [0.4, 0.5) is 0 Å². The molecule has 0 unspecified atom stereocenters. The molecule has 1 atom stereocenters. The third-order valence-electron chi connectivity index (χ3n) is 4.38. The molecule has 1 N–H and O–H groups in total. The summed E-state index contributed by atoms with van der Waals surface area (Å²) in [7, 11) is 0. The molecule has 0 saturated heterocycles. The van der Waals surface area contributed by atoms with Crippen LogP contribution in [0.3, 0.4) is 0 Å². The number of rotatable bonds is 5. The van der Waals surface area contributed by atoms with Crippen LogP contribution in [0.2, 0.25) is 0 Å². The predicted octanol–water partition coefficient (Wildman–Crippen LogP) is 3.67. The summed E-state index contributed by atoms with van der Waals surface area (Å²) in [4.78, 5) is 16.5. The zero-order valence-electron chi connectivity index (χ0n) is 14.9. The Hall–Kier alpha value is -2.89. The van der Waals surface area contributed by atoms with Crippen LogP contribution in [0, 0.1) is 13.8 Å². The van der Waals surface area contributed by atoms with Gasteiger partial charge in [-0.25, -0.2) is 4.98 Å². The average molecular weight is 338 g/mol. The Bertz CT molecular complexity index is 864. The van der Waals surface area contributed by atoms with Crippen molar-refractivity contribution < 1.29 is 9.21 Å². The number of amides is 1. The summed E-state index contributed by atoms with van der Waals surface area (Å²) in [5.41, 5.74) is 4.61. The Labute approximate surface area is 146 Å². The summed E-state index contributed by atoms with van der Waals surface area (Å²) in [6.45, 7) is 8.87. The van der Waals surface area contributed by atoms with Gasteiger partial charge in [0.2, 0.25) is 0 Å². The summed E-state index contributed by atoms with van der Waals surface area (Å²) in [5.74, 6) is 0.568. The van der Waals surface area contributed by atoms with Crippen LogP contribution in [0.1, 0.15) is 47.2 Å². The van der Waals surface area contributed by atoms with Gasteiger partial charge in [0.05, 0.1) is 17.9 Å². The Balaban J connectivity index is 1.75. The van der Waals surface area contributed by atoms with E-state index in [1.54, 1.807) is 18.3 Å². The predicted molar refractivity (Wildman–Crippen MR) is 95.2 cm³/mol. The van der Waals surface area contributed by atoms with Crippen LogP contribution in [-0.2, 0) is 6.54 Å². The molecule has 3 aromatic rings. The number of aryl methyl sites for hydroxylation is 2. The third-order valence-corrected chi connectivity index (χ3v) is 4.38. The Kier molecular flexibility index (Phi) is 4.70. The molecule has 25 heavy (non-hydrogen) atoms. The first-order chi connectivity index (χ1) is 12.0. The van der Waals surface area contributed by atoms with Crippen molar-refractivity contribution >= 4 is 5.91 Å². The van der Waals surface area contributed by atoms with Crippen LogP contribution in [-0.4, -0.2) is 20.7 Å². The van der Waals surface area contributed by atoms with Gasteiger partial charge >= 0.3 is 0 Å². The molecule has 0 aliphatic rings. The minimum atomic E-state index is -0.111. The van der Waals surface area contributed by atoms with Gasteiger partial charge in [-0.1, -0.05) is 12.1 Å². The lowest BCUT2D eigenvalue weighted by Gasteiger charge is -2.15. The Morgan fingerprint density at radius 3 is 2.56 bits per heavy atom. The maximum absolute atomic E-state index is 12.6. The number of oxazole rings is 1. The fraction of sp³-hybridized carbons (Fsp3) is 0.316. The molecule has 0 spiro atoms. The Morgan fingerprint density at radius 1 is 1.28 bits per heavy atom. The number of hydrogen-bond donors (Lipinski definition) is 1. The minimum absolute atomic E-state index is 0.109. The number of carbonyl (C=O) groups is 1. The zero-order chi connectivity index (χ0) is 18.0.